The quantitative estimate of drug-likeness (QED) is 0.734. The third-order valence-corrected chi connectivity index (χ3v) is 7.28. The van der Waals surface area contributed by atoms with Crippen molar-refractivity contribution in [3.8, 4) is 5.75 Å². The van der Waals surface area contributed by atoms with Crippen molar-refractivity contribution in [2.75, 3.05) is 30.4 Å². The number of sulfonamides is 2. The van der Waals surface area contributed by atoms with Crippen LogP contribution in [0.5, 0.6) is 5.75 Å². The van der Waals surface area contributed by atoms with Gasteiger partial charge in [-0.3, -0.25) is 4.72 Å². The van der Waals surface area contributed by atoms with Gasteiger partial charge < -0.3 is 4.74 Å². The monoisotopic (exact) mass is 424 g/mol. The number of ether oxygens (including phenoxy) is 1. The minimum absolute atomic E-state index is 0.0497. The summed E-state index contributed by atoms with van der Waals surface area (Å²) in [4.78, 5) is 0. The SMILES string of the molecule is COc1ccc(CCS(=O)(=O)Nc2ccc3c(c2)CN(S(C)(=O)=O)CC3)cc1. The lowest BCUT2D eigenvalue weighted by Crippen LogP contribution is -2.35. The normalized spacial score (nSPS) is 15.1. The molecule has 0 spiro atoms. The van der Waals surface area contributed by atoms with E-state index in [2.05, 4.69) is 4.72 Å². The molecule has 7 nitrogen and oxygen atoms in total. The zero-order valence-corrected chi connectivity index (χ0v) is 17.5. The van der Waals surface area contributed by atoms with Crippen LogP contribution in [0.1, 0.15) is 16.7 Å². The molecule has 0 radical (unpaired) electrons. The van der Waals surface area contributed by atoms with Crippen molar-refractivity contribution < 1.29 is 21.6 Å². The molecule has 0 amide bonds. The van der Waals surface area contributed by atoms with Gasteiger partial charge in [0.15, 0.2) is 0 Å². The van der Waals surface area contributed by atoms with E-state index < -0.39 is 20.0 Å². The average molecular weight is 425 g/mol. The van der Waals surface area contributed by atoms with Crippen LogP contribution >= 0.6 is 0 Å². The molecule has 1 aliphatic heterocycles. The fourth-order valence-corrected chi connectivity index (χ4v) is 5.04. The number of hydrogen-bond acceptors (Lipinski definition) is 5. The molecular formula is C19H24N2O5S2. The highest BCUT2D eigenvalue weighted by molar-refractivity contribution is 7.92. The van der Waals surface area contributed by atoms with Crippen LogP contribution in [0.25, 0.3) is 0 Å². The maximum absolute atomic E-state index is 12.4. The van der Waals surface area contributed by atoms with Crippen LogP contribution in [0.3, 0.4) is 0 Å². The van der Waals surface area contributed by atoms with Crippen molar-refractivity contribution in [1.82, 2.24) is 4.31 Å². The van der Waals surface area contributed by atoms with Crippen molar-refractivity contribution in [3.63, 3.8) is 0 Å². The van der Waals surface area contributed by atoms with Gasteiger partial charge in [-0.1, -0.05) is 18.2 Å². The highest BCUT2D eigenvalue weighted by atomic mass is 32.2. The fraction of sp³-hybridized carbons (Fsp3) is 0.368. The fourth-order valence-electron chi connectivity index (χ4n) is 3.15. The van der Waals surface area contributed by atoms with Crippen molar-refractivity contribution in [3.05, 3.63) is 59.2 Å². The largest absolute Gasteiger partial charge is 0.497 e. The number of benzene rings is 2. The molecule has 0 aliphatic carbocycles. The van der Waals surface area contributed by atoms with E-state index in [-0.39, 0.29) is 12.3 Å². The molecule has 2 aromatic rings. The number of anilines is 1. The summed E-state index contributed by atoms with van der Waals surface area (Å²) in [5.41, 5.74) is 3.22. The number of nitrogens with zero attached hydrogens (tertiary/aromatic N) is 1. The van der Waals surface area contributed by atoms with Gasteiger partial charge in [-0.05, 0) is 53.8 Å². The topological polar surface area (TPSA) is 92.8 Å². The number of rotatable bonds is 7. The molecule has 9 heteroatoms. The predicted molar refractivity (Wildman–Crippen MR) is 110 cm³/mol. The Labute approximate surface area is 166 Å². The molecule has 28 heavy (non-hydrogen) atoms. The summed E-state index contributed by atoms with van der Waals surface area (Å²) in [5, 5.41) is 0. The van der Waals surface area contributed by atoms with Crippen LogP contribution in [0.2, 0.25) is 0 Å². The molecule has 1 N–H and O–H groups in total. The summed E-state index contributed by atoms with van der Waals surface area (Å²) in [5.74, 6) is 0.674. The van der Waals surface area contributed by atoms with Crippen LogP contribution in [-0.2, 0) is 39.4 Å². The van der Waals surface area contributed by atoms with Gasteiger partial charge in [0, 0.05) is 18.8 Å². The van der Waals surface area contributed by atoms with Crippen LogP contribution in [0, 0.1) is 0 Å². The second-order valence-corrected chi connectivity index (χ2v) is 10.7. The number of fused-ring (bicyclic) bond motifs is 1. The van der Waals surface area contributed by atoms with E-state index in [1.54, 1.807) is 31.4 Å². The van der Waals surface area contributed by atoms with Crippen molar-refractivity contribution >= 4 is 25.7 Å². The first-order valence-electron chi connectivity index (χ1n) is 8.87. The van der Waals surface area contributed by atoms with Gasteiger partial charge in [-0.2, -0.15) is 4.31 Å². The van der Waals surface area contributed by atoms with Gasteiger partial charge in [0.25, 0.3) is 0 Å². The molecule has 0 atom stereocenters. The van der Waals surface area contributed by atoms with E-state index in [1.165, 1.54) is 10.6 Å². The van der Waals surface area contributed by atoms with Crippen molar-refractivity contribution in [2.24, 2.45) is 0 Å². The minimum atomic E-state index is -3.53. The Bertz CT molecular complexity index is 1050. The Morgan fingerprint density at radius 3 is 2.39 bits per heavy atom. The number of nitrogens with one attached hydrogen (secondary N) is 1. The Morgan fingerprint density at radius 1 is 1.04 bits per heavy atom. The van der Waals surface area contributed by atoms with E-state index >= 15 is 0 Å². The molecule has 1 heterocycles. The molecule has 0 bridgehead atoms. The molecule has 0 unspecified atom stereocenters. The third kappa shape index (κ3) is 5.24. The van der Waals surface area contributed by atoms with Crippen LogP contribution in [0.15, 0.2) is 42.5 Å². The van der Waals surface area contributed by atoms with Gasteiger partial charge in [0.2, 0.25) is 20.0 Å². The third-order valence-electron chi connectivity index (χ3n) is 4.74. The first-order chi connectivity index (χ1) is 13.2. The maximum atomic E-state index is 12.4. The Hall–Kier alpha value is -2.10. The van der Waals surface area contributed by atoms with E-state index in [1.807, 2.05) is 18.2 Å². The summed E-state index contributed by atoms with van der Waals surface area (Å²) < 4.78 is 57.5. The molecule has 0 fully saturated rings. The minimum Gasteiger partial charge on any atom is -0.497 e. The lowest BCUT2D eigenvalue weighted by Gasteiger charge is -2.27. The van der Waals surface area contributed by atoms with Crippen LogP contribution in [-0.4, -0.2) is 46.8 Å². The average Bonchev–Trinajstić information content (AvgIpc) is 2.65. The van der Waals surface area contributed by atoms with Crippen LogP contribution in [0.4, 0.5) is 5.69 Å². The second-order valence-electron chi connectivity index (χ2n) is 6.85. The van der Waals surface area contributed by atoms with Gasteiger partial charge in [-0.15, -0.1) is 0 Å². The van der Waals surface area contributed by atoms with Gasteiger partial charge >= 0.3 is 0 Å². The summed E-state index contributed by atoms with van der Waals surface area (Å²) in [6.45, 7) is 0.703. The van der Waals surface area contributed by atoms with E-state index in [0.717, 1.165) is 22.4 Å². The Balaban J connectivity index is 1.67. The molecule has 1 aliphatic rings. The van der Waals surface area contributed by atoms with Crippen LogP contribution < -0.4 is 9.46 Å². The standard InChI is InChI=1S/C19H24N2O5S2/c1-26-19-7-3-15(4-8-19)10-12-28(24,25)20-18-6-5-16-9-11-21(27(2,22)23)14-17(16)13-18/h3-8,13,20H,9-12,14H2,1-2H3. The zero-order valence-electron chi connectivity index (χ0n) is 15.9. The number of hydrogen-bond donors (Lipinski definition) is 1. The summed E-state index contributed by atoms with van der Waals surface area (Å²) >= 11 is 0. The molecule has 0 saturated heterocycles. The Morgan fingerprint density at radius 2 is 1.75 bits per heavy atom. The van der Waals surface area contributed by atoms with E-state index in [9.17, 15) is 16.8 Å². The first kappa shape index (κ1) is 20.6. The first-order valence-corrected chi connectivity index (χ1v) is 12.4. The van der Waals surface area contributed by atoms with E-state index in [0.29, 0.717) is 25.1 Å². The smallest absolute Gasteiger partial charge is 0.233 e. The summed E-state index contributed by atoms with van der Waals surface area (Å²) in [6, 6.07) is 12.6. The molecule has 2 aromatic carbocycles. The molecular weight excluding hydrogens is 400 g/mol. The summed E-state index contributed by atoms with van der Waals surface area (Å²) in [6.07, 6.45) is 2.18. The maximum Gasteiger partial charge on any atom is 0.233 e. The lowest BCUT2D eigenvalue weighted by atomic mass is 10.0. The molecule has 0 aromatic heterocycles. The number of aryl methyl sites for hydroxylation is 1. The Kier molecular flexibility index (Phi) is 5.97. The molecule has 152 valence electrons. The second kappa shape index (κ2) is 8.10. The highest BCUT2D eigenvalue weighted by Crippen LogP contribution is 2.24. The molecule has 3 rings (SSSR count). The van der Waals surface area contributed by atoms with Gasteiger partial charge in [-0.25, -0.2) is 16.8 Å². The van der Waals surface area contributed by atoms with Crippen molar-refractivity contribution in [2.45, 2.75) is 19.4 Å². The van der Waals surface area contributed by atoms with Gasteiger partial charge in [0.1, 0.15) is 5.75 Å². The lowest BCUT2D eigenvalue weighted by molar-refractivity contribution is 0.395. The highest BCUT2D eigenvalue weighted by Gasteiger charge is 2.23. The van der Waals surface area contributed by atoms with Gasteiger partial charge in [0.05, 0.1) is 19.1 Å². The summed E-state index contributed by atoms with van der Waals surface area (Å²) in [7, 11) is -5.22. The van der Waals surface area contributed by atoms with E-state index in [4.69, 9.17) is 4.74 Å². The predicted octanol–water partition coefficient (Wildman–Crippen LogP) is 2.00. The van der Waals surface area contributed by atoms with Crippen molar-refractivity contribution in [1.29, 1.82) is 0 Å². The molecule has 0 saturated carbocycles. The number of methoxy groups -OCH3 is 1. The zero-order chi connectivity index (χ0) is 20.4.